The maximum absolute atomic E-state index is 14.1. The summed E-state index contributed by atoms with van der Waals surface area (Å²) in [6.07, 6.45) is 2.94. The Bertz CT molecular complexity index is 1210. The van der Waals surface area contributed by atoms with Gasteiger partial charge in [0.05, 0.1) is 5.02 Å². The van der Waals surface area contributed by atoms with Gasteiger partial charge in [-0.1, -0.05) is 41.9 Å². The first-order valence-electron chi connectivity index (χ1n) is 10.5. The monoisotopic (exact) mass is 455 g/mol. The predicted octanol–water partition coefficient (Wildman–Crippen LogP) is 3.94. The standard InChI is InChI=1S/C24H23ClFN3O3/c1-15(30)18-13-28(20-9-3-2-7-17(18)20)14-22(31)29-11-5-10-21(29)24(32)27-12-16-6-4-8-19(25)23(16)26/h2-4,6-9,13,21H,5,10-12,14H2,1H3,(H,27,32)/t21-/m0/s1. The Labute approximate surface area is 189 Å². The van der Waals surface area contributed by atoms with Crippen molar-refractivity contribution in [2.45, 2.75) is 38.9 Å². The zero-order valence-electron chi connectivity index (χ0n) is 17.6. The van der Waals surface area contributed by atoms with Crippen molar-refractivity contribution in [2.24, 2.45) is 0 Å². The molecule has 1 atom stereocenters. The molecule has 0 spiro atoms. The molecule has 6 nitrogen and oxygen atoms in total. The first-order chi connectivity index (χ1) is 15.4. The Kier molecular flexibility index (Phi) is 6.28. The predicted molar refractivity (Wildman–Crippen MR) is 120 cm³/mol. The highest BCUT2D eigenvalue weighted by atomic mass is 35.5. The number of fused-ring (bicyclic) bond motifs is 1. The summed E-state index contributed by atoms with van der Waals surface area (Å²) in [5, 5.41) is 3.52. The molecule has 8 heteroatoms. The van der Waals surface area contributed by atoms with Crippen molar-refractivity contribution in [3.8, 4) is 0 Å². The van der Waals surface area contributed by atoms with E-state index in [1.54, 1.807) is 27.8 Å². The Morgan fingerprint density at radius 3 is 2.72 bits per heavy atom. The second kappa shape index (κ2) is 9.12. The highest BCUT2D eigenvalue weighted by molar-refractivity contribution is 6.30. The molecule has 1 aliphatic heterocycles. The minimum absolute atomic E-state index is 0.00157. The average molecular weight is 456 g/mol. The van der Waals surface area contributed by atoms with Gasteiger partial charge in [-0.25, -0.2) is 4.39 Å². The van der Waals surface area contributed by atoms with Gasteiger partial charge < -0.3 is 14.8 Å². The first kappa shape index (κ1) is 22.0. The molecule has 3 aromatic rings. The van der Waals surface area contributed by atoms with Gasteiger partial charge in [0.1, 0.15) is 18.4 Å². The van der Waals surface area contributed by atoms with Crippen molar-refractivity contribution in [1.29, 1.82) is 0 Å². The molecule has 1 saturated heterocycles. The normalized spacial score (nSPS) is 15.8. The number of carbonyl (C=O) groups is 3. The molecule has 1 fully saturated rings. The molecule has 0 unspecified atom stereocenters. The van der Waals surface area contributed by atoms with Crippen LogP contribution in [0.5, 0.6) is 0 Å². The summed E-state index contributed by atoms with van der Waals surface area (Å²) in [7, 11) is 0. The van der Waals surface area contributed by atoms with Gasteiger partial charge in [-0.15, -0.1) is 0 Å². The van der Waals surface area contributed by atoms with Crippen LogP contribution in [0.3, 0.4) is 0 Å². The van der Waals surface area contributed by atoms with Crippen LogP contribution in [0.4, 0.5) is 4.39 Å². The zero-order chi connectivity index (χ0) is 22.8. The molecule has 166 valence electrons. The average Bonchev–Trinajstić information content (AvgIpc) is 3.40. The summed E-state index contributed by atoms with van der Waals surface area (Å²) in [5.74, 6) is -1.15. The number of rotatable bonds is 6. The van der Waals surface area contributed by atoms with Gasteiger partial charge in [-0.2, -0.15) is 0 Å². The lowest BCUT2D eigenvalue weighted by molar-refractivity contribution is -0.138. The van der Waals surface area contributed by atoms with Crippen LogP contribution in [-0.4, -0.2) is 39.7 Å². The lowest BCUT2D eigenvalue weighted by Gasteiger charge is -2.24. The van der Waals surface area contributed by atoms with Gasteiger partial charge in [-0.3, -0.25) is 14.4 Å². The number of benzene rings is 2. The van der Waals surface area contributed by atoms with Gasteiger partial charge in [0.15, 0.2) is 5.78 Å². The maximum Gasteiger partial charge on any atom is 0.243 e. The van der Waals surface area contributed by atoms with Crippen LogP contribution in [0.2, 0.25) is 5.02 Å². The quantitative estimate of drug-likeness (QED) is 0.572. The summed E-state index contributed by atoms with van der Waals surface area (Å²) < 4.78 is 15.8. The van der Waals surface area contributed by atoms with E-state index >= 15 is 0 Å². The number of nitrogens with zero attached hydrogens (tertiary/aromatic N) is 2. The molecule has 32 heavy (non-hydrogen) atoms. The van der Waals surface area contributed by atoms with E-state index in [9.17, 15) is 18.8 Å². The number of halogens is 2. The topological polar surface area (TPSA) is 71.4 Å². The fraction of sp³-hybridized carbons (Fsp3) is 0.292. The SMILES string of the molecule is CC(=O)c1cn(CC(=O)N2CCC[C@H]2C(=O)NCc2cccc(Cl)c2F)c2ccccc12. The number of nitrogens with one attached hydrogen (secondary N) is 1. The first-order valence-corrected chi connectivity index (χ1v) is 10.8. The number of carbonyl (C=O) groups excluding carboxylic acids is 3. The minimum Gasteiger partial charge on any atom is -0.350 e. The molecular formula is C24H23ClFN3O3. The fourth-order valence-electron chi connectivity index (χ4n) is 4.22. The molecule has 1 aromatic heterocycles. The Morgan fingerprint density at radius 1 is 1.16 bits per heavy atom. The van der Waals surface area contributed by atoms with Crippen LogP contribution in [0.15, 0.2) is 48.7 Å². The van der Waals surface area contributed by atoms with Gasteiger partial charge in [0, 0.05) is 41.3 Å². The van der Waals surface area contributed by atoms with E-state index in [2.05, 4.69) is 5.32 Å². The van der Waals surface area contributed by atoms with Crippen molar-refractivity contribution in [2.75, 3.05) is 6.54 Å². The Hall–Kier alpha value is -3.19. The fourth-order valence-corrected chi connectivity index (χ4v) is 4.41. The number of aromatic nitrogens is 1. The largest absolute Gasteiger partial charge is 0.350 e. The number of Topliss-reactive ketones (excluding diaryl/α,β-unsaturated/α-hetero) is 1. The summed E-state index contributed by atoms with van der Waals surface area (Å²) in [6, 6.07) is 11.4. The van der Waals surface area contributed by atoms with Crippen LogP contribution in [0.1, 0.15) is 35.7 Å². The van der Waals surface area contributed by atoms with Crippen LogP contribution in [0.25, 0.3) is 10.9 Å². The summed E-state index contributed by atoms with van der Waals surface area (Å²) >= 11 is 5.80. The van der Waals surface area contributed by atoms with E-state index in [1.165, 1.54) is 13.0 Å². The van der Waals surface area contributed by atoms with E-state index in [4.69, 9.17) is 11.6 Å². The molecule has 0 saturated carbocycles. The van der Waals surface area contributed by atoms with E-state index in [0.717, 1.165) is 10.9 Å². The molecule has 2 aromatic carbocycles. The van der Waals surface area contributed by atoms with Crippen LogP contribution in [0, 0.1) is 5.82 Å². The third-order valence-corrected chi connectivity index (χ3v) is 6.13. The second-order valence-electron chi connectivity index (χ2n) is 7.92. The Balaban J connectivity index is 1.47. The number of ketones is 1. The van der Waals surface area contributed by atoms with Crippen molar-refractivity contribution in [1.82, 2.24) is 14.8 Å². The summed E-state index contributed by atoms with van der Waals surface area (Å²) in [4.78, 5) is 39.4. The van der Waals surface area contributed by atoms with E-state index in [-0.39, 0.29) is 41.3 Å². The molecule has 0 aliphatic carbocycles. The number of likely N-dealkylation sites (tertiary alicyclic amines) is 1. The molecule has 4 rings (SSSR count). The molecule has 1 aliphatic rings. The third kappa shape index (κ3) is 4.25. The molecule has 0 radical (unpaired) electrons. The third-order valence-electron chi connectivity index (χ3n) is 5.83. The summed E-state index contributed by atoms with van der Waals surface area (Å²) in [6.45, 7) is 1.99. The van der Waals surface area contributed by atoms with Crippen LogP contribution >= 0.6 is 11.6 Å². The summed E-state index contributed by atoms with van der Waals surface area (Å²) in [5.41, 5.74) is 1.65. The minimum atomic E-state index is -0.612. The number of hydrogen-bond acceptors (Lipinski definition) is 3. The number of para-hydroxylation sites is 1. The lowest BCUT2D eigenvalue weighted by Crippen LogP contribution is -2.46. The van der Waals surface area contributed by atoms with Gasteiger partial charge >= 0.3 is 0 Å². The smallest absolute Gasteiger partial charge is 0.243 e. The van der Waals surface area contributed by atoms with E-state index in [0.29, 0.717) is 24.9 Å². The van der Waals surface area contributed by atoms with Crippen LogP contribution in [-0.2, 0) is 22.7 Å². The van der Waals surface area contributed by atoms with E-state index < -0.39 is 11.9 Å². The highest BCUT2D eigenvalue weighted by Gasteiger charge is 2.34. The van der Waals surface area contributed by atoms with Gasteiger partial charge in [0.25, 0.3) is 0 Å². The van der Waals surface area contributed by atoms with Crippen molar-refractivity contribution in [3.05, 3.63) is 70.6 Å². The van der Waals surface area contributed by atoms with Crippen molar-refractivity contribution < 1.29 is 18.8 Å². The second-order valence-corrected chi connectivity index (χ2v) is 8.33. The molecule has 2 amide bonds. The highest BCUT2D eigenvalue weighted by Crippen LogP contribution is 2.24. The molecule has 0 bridgehead atoms. The number of amides is 2. The van der Waals surface area contributed by atoms with Gasteiger partial charge in [-0.05, 0) is 31.9 Å². The lowest BCUT2D eigenvalue weighted by atomic mass is 10.1. The molecule has 2 heterocycles. The maximum atomic E-state index is 14.1. The van der Waals surface area contributed by atoms with Crippen molar-refractivity contribution >= 4 is 40.1 Å². The van der Waals surface area contributed by atoms with Crippen molar-refractivity contribution in [3.63, 3.8) is 0 Å². The molecule has 1 N–H and O–H groups in total. The Morgan fingerprint density at radius 2 is 1.94 bits per heavy atom. The zero-order valence-corrected chi connectivity index (χ0v) is 18.4. The van der Waals surface area contributed by atoms with Gasteiger partial charge in [0.2, 0.25) is 11.8 Å². The van der Waals surface area contributed by atoms with Crippen LogP contribution < -0.4 is 5.32 Å². The van der Waals surface area contributed by atoms with E-state index in [1.807, 2.05) is 24.3 Å². The molecular weight excluding hydrogens is 433 g/mol. The number of hydrogen-bond donors (Lipinski definition) is 1.